The average molecular weight is 502 g/mol. The minimum absolute atomic E-state index is 0.0284. The first-order valence-corrected chi connectivity index (χ1v) is 13.2. The molecule has 1 N–H and O–H groups in total. The third-order valence-electron chi connectivity index (χ3n) is 7.39. The summed E-state index contributed by atoms with van der Waals surface area (Å²) in [5.41, 5.74) is 3.58. The number of allylic oxidation sites excluding steroid dienone is 1. The first kappa shape index (κ1) is 25.5. The van der Waals surface area contributed by atoms with Gasteiger partial charge < -0.3 is 10.2 Å². The number of benzene rings is 1. The molecule has 0 amide bonds. The molecule has 1 aromatic carbocycles. The fourth-order valence-corrected chi connectivity index (χ4v) is 5.79. The highest BCUT2D eigenvalue weighted by atomic mass is 35.5. The Kier molecular flexibility index (Phi) is 8.24. The van der Waals surface area contributed by atoms with Crippen LogP contribution >= 0.6 is 23.2 Å². The van der Waals surface area contributed by atoms with Crippen molar-refractivity contribution in [1.82, 2.24) is 20.1 Å². The molecule has 3 heterocycles. The molecule has 2 aliphatic heterocycles. The minimum Gasteiger partial charge on any atom is -0.369 e. The van der Waals surface area contributed by atoms with Crippen molar-refractivity contribution in [2.75, 3.05) is 32.7 Å². The molecule has 2 unspecified atom stereocenters. The SMILES string of the molecule is C=C(CC1CCNCC1)N1CCN(C(c2ccc(Cl)c(Cl)c2)c2ccccn2)CC1C(C)(C)C. The molecule has 0 bridgehead atoms. The summed E-state index contributed by atoms with van der Waals surface area (Å²) < 4.78 is 0. The number of pyridine rings is 1. The number of nitrogens with one attached hydrogen (secondary N) is 1. The van der Waals surface area contributed by atoms with E-state index in [4.69, 9.17) is 28.2 Å². The van der Waals surface area contributed by atoms with Crippen LogP contribution < -0.4 is 5.32 Å². The number of piperidine rings is 1. The molecule has 2 saturated heterocycles. The quantitative estimate of drug-likeness (QED) is 0.496. The first-order valence-electron chi connectivity index (χ1n) is 12.5. The summed E-state index contributed by atoms with van der Waals surface area (Å²) in [6, 6.07) is 12.5. The van der Waals surface area contributed by atoms with Gasteiger partial charge in [-0.15, -0.1) is 0 Å². The molecule has 2 atom stereocenters. The van der Waals surface area contributed by atoms with Crippen LogP contribution in [0.2, 0.25) is 10.0 Å². The highest BCUT2D eigenvalue weighted by molar-refractivity contribution is 6.42. The number of nitrogens with zero attached hydrogens (tertiary/aromatic N) is 3. The molecule has 1 aromatic heterocycles. The number of piperazine rings is 1. The fourth-order valence-electron chi connectivity index (χ4n) is 5.48. The van der Waals surface area contributed by atoms with Crippen LogP contribution in [-0.2, 0) is 0 Å². The van der Waals surface area contributed by atoms with Gasteiger partial charge in [0.05, 0.1) is 21.8 Å². The topological polar surface area (TPSA) is 31.4 Å². The summed E-state index contributed by atoms with van der Waals surface area (Å²) in [6.45, 7) is 16.7. The van der Waals surface area contributed by atoms with Crippen molar-refractivity contribution in [3.05, 3.63) is 76.2 Å². The number of rotatable bonds is 6. The Balaban J connectivity index is 1.60. The molecule has 34 heavy (non-hydrogen) atoms. The molecule has 4 nitrogen and oxygen atoms in total. The molecule has 0 aliphatic carbocycles. The van der Waals surface area contributed by atoms with Crippen LogP contribution in [0.3, 0.4) is 0 Å². The van der Waals surface area contributed by atoms with E-state index in [9.17, 15) is 0 Å². The lowest BCUT2D eigenvalue weighted by atomic mass is 9.82. The second-order valence-corrected chi connectivity index (χ2v) is 11.7. The van der Waals surface area contributed by atoms with Crippen LogP contribution in [0.5, 0.6) is 0 Å². The number of halogens is 2. The van der Waals surface area contributed by atoms with E-state index < -0.39 is 0 Å². The Morgan fingerprint density at radius 1 is 1.12 bits per heavy atom. The van der Waals surface area contributed by atoms with Crippen molar-refractivity contribution in [1.29, 1.82) is 0 Å². The monoisotopic (exact) mass is 500 g/mol. The van der Waals surface area contributed by atoms with Crippen molar-refractivity contribution < 1.29 is 0 Å². The van der Waals surface area contributed by atoms with Crippen molar-refractivity contribution in [3.8, 4) is 0 Å². The lowest BCUT2D eigenvalue weighted by Gasteiger charge is -2.51. The van der Waals surface area contributed by atoms with Gasteiger partial charge in [0.1, 0.15) is 0 Å². The first-order chi connectivity index (χ1) is 16.2. The second-order valence-electron chi connectivity index (χ2n) is 10.9. The van der Waals surface area contributed by atoms with E-state index in [1.54, 1.807) is 0 Å². The van der Waals surface area contributed by atoms with E-state index in [0.717, 1.165) is 56.3 Å². The van der Waals surface area contributed by atoms with Gasteiger partial charge in [-0.05, 0) is 73.5 Å². The number of aromatic nitrogens is 1. The molecule has 2 fully saturated rings. The van der Waals surface area contributed by atoms with Crippen LogP contribution in [0.25, 0.3) is 0 Å². The molecular weight excluding hydrogens is 463 g/mol. The van der Waals surface area contributed by atoms with Crippen LogP contribution in [0.4, 0.5) is 0 Å². The van der Waals surface area contributed by atoms with E-state index in [1.165, 1.54) is 18.5 Å². The normalized spacial score (nSPS) is 21.4. The van der Waals surface area contributed by atoms with Gasteiger partial charge in [0.15, 0.2) is 0 Å². The molecule has 4 rings (SSSR count). The number of hydrogen-bond acceptors (Lipinski definition) is 4. The standard InChI is InChI=1S/C28H38Cl2N4/c1-20(17-21-10-13-31-14-11-21)34-16-15-33(19-26(34)28(2,3)4)27(25-7-5-6-12-32-25)22-8-9-23(29)24(30)18-22/h5-9,12,18,21,26-27,31H,1,10-11,13-17,19H2,2-4H3. The second kappa shape index (κ2) is 11.0. The van der Waals surface area contributed by atoms with Crippen LogP contribution in [0, 0.1) is 11.3 Å². The number of hydrogen-bond donors (Lipinski definition) is 1. The molecule has 0 spiro atoms. The highest BCUT2D eigenvalue weighted by Crippen LogP contribution is 2.38. The largest absolute Gasteiger partial charge is 0.369 e. The Bertz CT molecular complexity index is 966. The lowest BCUT2D eigenvalue weighted by molar-refractivity contribution is 0.0210. The summed E-state index contributed by atoms with van der Waals surface area (Å²) in [5, 5.41) is 4.65. The van der Waals surface area contributed by atoms with E-state index in [2.05, 4.69) is 60.7 Å². The molecular formula is C28H38Cl2N4. The molecule has 0 saturated carbocycles. The molecule has 2 aromatic rings. The highest BCUT2D eigenvalue weighted by Gasteiger charge is 2.39. The Morgan fingerprint density at radius 2 is 1.88 bits per heavy atom. The molecule has 184 valence electrons. The zero-order valence-corrected chi connectivity index (χ0v) is 22.2. The lowest BCUT2D eigenvalue weighted by Crippen LogP contribution is -2.58. The Hall–Kier alpha value is -1.59. The maximum absolute atomic E-state index is 6.45. The van der Waals surface area contributed by atoms with E-state index in [0.29, 0.717) is 16.1 Å². The maximum atomic E-state index is 6.45. The van der Waals surface area contributed by atoms with Crippen LogP contribution in [-0.4, -0.2) is 53.5 Å². The molecule has 2 aliphatic rings. The predicted octanol–water partition coefficient (Wildman–Crippen LogP) is 6.41. The molecule has 6 heteroatoms. The minimum atomic E-state index is 0.0284. The van der Waals surface area contributed by atoms with Gasteiger partial charge in [0.2, 0.25) is 0 Å². The third-order valence-corrected chi connectivity index (χ3v) is 8.13. The van der Waals surface area contributed by atoms with Gasteiger partial charge in [-0.3, -0.25) is 9.88 Å². The fraction of sp³-hybridized carbons (Fsp3) is 0.536. The van der Waals surface area contributed by atoms with Gasteiger partial charge in [0, 0.05) is 37.6 Å². The summed E-state index contributed by atoms with van der Waals surface area (Å²) in [6.07, 6.45) is 5.47. The van der Waals surface area contributed by atoms with Crippen LogP contribution in [0.1, 0.15) is 57.3 Å². The summed E-state index contributed by atoms with van der Waals surface area (Å²) in [7, 11) is 0. The van der Waals surface area contributed by atoms with E-state index >= 15 is 0 Å². The smallest absolute Gasteiger partial charge is 0.0778 e. The predicted molar refractivity (Wildman–Crippen MR) is 143 cm³/mol. The van der Waals surface area contributed by atoms with E-state index in [-0.39, 0.29) is 11.5 Å². The Morgan fingerprint density at radius 3 is 2.53 bits per heavy atom. The van der Waals surface area contributed by atoms with E-state index in [1.807, 2.05) is 24.4 Å². The summed E-state index contributed by atoms with van der Waals surface area (Å²) in [5.74, 6) is 0.741. The van der Waals surface area contributed by atoms with Crippen LogP contribution in [0.15, 0.2) is 54.9 Å². The van der Waals surface area contributed by atoms with Gasteiger partial charge in [-0.2, -0.15) is 0 Å². The maximum Gasteiger partial charge on any atom is 0.0778 e. The zero-order valence-electron chi connectivity index (χ0n) is 20.7. The third kappa shape index (κ3) is 5.96. The van der Waals surface area contributed by atoms with Gasteiger partial charge in [-0.1, -0.05) is 62.7 Å². The zero-order chi connectivity index (χ0) is 24.3. The summed E-state index contributed by atoms with van der Waals surface area (Å²) >= 11 is 12.7. The van der Waals surface area contributed by atoms with Gasteiger partial charge in [-0.25, -0.2) is 0 Å². The average Bonchev–Trinajstić information content (AvgIpc) is 2.82. The van der Waals surface area contributed by atoms with Crippen molar-refractivity contribution in [2.24, 2.45) is 11.3 Å². The summed E-state index contributed by atoms with van der Waals surface area (Å²) in [4.78, 5) is 9.91. The van der Waals surface area contributed by atoms with Crippen molar-refractivity contribution in [3.63, 3.8) is 0 Å². The Labute approximate surface area is 215 Å². The molecule has 0 radical (unpaired) electrons. The van der Waals surface area contributed by atoms with Crippen molar-refractivity contribution in [2.45, 2.75) is 52.1 Å². The van der Waals surface area contributed by atoms with Crippen molar-refractivity contribution >= 4 is 23.2 Å². The van der Waals surface area contributed by atoms with Gasteiger partial charge >= 0.3 is 0 Å². The van der Waals surface area contributed by atoms with Gasteiger partial charge in [0.25, 0.3) is 0 Å².